The minimum Gasteiger partial charge on any atom is -0.352 e. The fourth-order valence-corrected chi connectivity index (χ4v) is 2.12. The van der Waals surface area contributed by atoms with Crippen molar-refractivity contribution in [3.8, 4) is 0 Å². The first-order valence-corrected chi connectivity index (χ1v) is 6.36. The lowest BCUT2D eigenvalue weighted by Crippen LogP contribution is -2.30. The first kappa shape index (κ1) is 12.1. The van der Waals surface area contributed by atoms with E-state index in [0.29, 0.717) is 0 Å². The van der Waals surface area contributed by atoms with Gasteiger partial charge in [-0.1, -0.05) is 18.6 Å². The van der Waals surface area contributed by atoms with Gasteiger partial charge in [-0.15, -0.1) is 0 Å². The van der Waals surface area contributed by atoms with Crippen LogP contribution in [-0.2, 0) is 6.54 Å². The topological polar surface area (TPSA) is 28.2 Å². The highest BCUT2D eigenvalue weighted by Gasteiger charge is 2.11. The average molecular weight is 231 g/mol. The number of nitrogens with one attached hydrogen (secondary N) is 1. The molecular weight excluding hydrogens is 210 g/mol. The molecule has 2 heterocycles. The molecule has 2 rings (SSSR count). The van der Waals surface area contributed by atoms with E-state index in [1.165, 1.54) is 11.1 Å². The summed E-state index contributed by atoms with van der Waals surface area (Å²) in [6.07, 6.45) is 5.36. The van der Waals surface area contributed by atoms with E-state index in [1.807, 2.05) is 6.20 Å². The van der Waals surface area contributed by atoms with Crippen LogP contribution in [0.2, 0.25) is 0 Å². The molecule has 0 saturated carbocycles. The Balaban J connectivity index is 2.07. The van der Waals surface area contributed by atoms with Crippen molar-refractivity contribution in [2.24, 2.45) is 0 Å². The highest BCUT2D eigenvalue weighted by atomic mass is 15.2. The fraction of sp³-hybridized carbons (Fsp3) is 0.500. The minimum atomic E-state index is 0.925. The van der Waals surface area contributed by atoms with Crippen LogP contribution in [-0.4, -0.2) is 24.6 Å². The Labute approximate surface area is 104 Å². The standard InChI is InChI=1S/C14H21N3/c1-3-15-10-13-6-7-16-14(9-13)17-8-4-5-12(2)11-17/h5-7,9,15H,3-4,8,10-11H2,1-2H3. The van der Waals surface area contributed by atoms with Crippen LogP contribution < -0.4 is 10.2 Å². The first-order valence-electron chi connectivity index (χ1n) is 6.36. The molecule has 0 aliphatic carbocycles. The molecule has 0 bridgehead atoms. The minimum absolute atomic E-state index is 0.925. The molecule has 0 saturated heterocycles. The van der Waals surface area contributed by atoms with Gasteiger partial charge in [0.15, 0.2) is 0 Å². The van der Waals surface area contributed by atoms with Crippen LogP contribution in [0, 0.1) is 0 Å². The second kappa shape index (κ2) is 5.82. The van der Waals surface area contributed by atoms with Crippen LogP contribution >= 0.6 is 0 Å². The Hall–Kier alpha value is -1.35. The molecule has 0 radical (unpaired) electrons. The lowest BCUT2D eigenvalue weighted by atomic mass is 10.1. The van der Waals surface area contributed by atoms with Gasteiger partial charge in [0.2, 0.25) is 0 Å². The molecule has 92 valence electrons. The maximum absolute atomic E-state index is 4.48. The molecule has 1 aliphatic heterocycles. The first-order chi connectivity index (χ1) is 8.29. The number of hydrogen-bond acceptors (Lipinski definition) is 3. The lowest BCUT2D eigenvalue weighted by molar-refractivity contribution is 0.722. The molecule has 0 amide bonds. The summed E-state index contributed by atoms with van der Waals surface area (Å²) in [6.45, 7) is 8.33. The second-order valence-electron chi connectivity index (χ2n) is 4.56. The van der Waals surface area contributed by atoms with E-state index in [1.54, 1.807) is 0 Å². The summed E-state index contributed by atoms with van der Waals surface area (Å²) in [5, 5.41) is 3.35. The van der Waals surface area contributed by atoms with Gasteiger partial charge in [0.25, 0.3) is 0 Å². The number of aromatic nitrogens is 1. The lowest BCUT2D eigenvalue weighted by Gasteiger charge is -2.27. The smallest absolute Gasteiger partial charge is 0.129 e. The van der Waals surface area contributed by atoms with E-state index >= 15 is 0 Å². The van der Waals surface area contributed by atoms with Crippen molar-refractivity contribution >= 4 is 5.82 Å². The largest absolute Gasteiger partial charge is 0.352 e. The molecule has 1 aromatic heterocycles. The summed E-state index contributed by atoms with van der Waals surface area (Å²) in [5.41, 5.74) is 2.75. The SMILES string of the molecule is CCNCc1ccnc(N2CCC=C(C)C2)c1. The summed E-state index contributed by atoms with van der Waals surface area (Å²) >= 11 is 0. The zero-order valence-electron chi connectivity index (χ0n) is 10.7. The predicted molar refractivity (Wildman–Crippen MR) is 72.2 cm³/mol. The molecule has 3 heteroatoms. The normalized spacial score (nSPS) is 15.9. The van der Waals surface area contributed by atoms with Gasteiger partial charge in [-0.25, -0.2) is 4.98 Å². The molecule has 0 aromatic carbocycles. The molecule has 0 atom stereocenters. The van der Waals surface area contributed by atoms with Crippen molar-refractivity contribution < 1.29 is 0 Å². The molecule has 1 N–H and O–H groups in total. The zero-order valence-corrected chi connectivity index (χ0v) is 10.7. The van der Waals surface area contributed by atoms with Crippen molar-refractivity contribution in [3.05, 3.63) is 35.5 Å². The summed E-state index contributed by atoms with van der Waals surface area (Å²) in [5.74, 6) is 1.10. The fourth-order valence-electron chi connectivity index (χ4n) is 2.12. The summed E-state index contributed by atoms with van der Waals surface area (Å²) < 4.78 is 0. The number of hydrogen-bond donors (Lipinski definition) is 1. The van der Waals surface area contributed by atoms with Gasteiger partial charge < -0.3 is 10.2 Å². The van der Waals surface area contributed by atoms with E-state index < -0.39 is 0 Å². The number of nitrogens with zero attached hydrogens (tertiary/aromatic N) is 2. The van der Waals surface area contributed by atoms with Gasteiger partial charge in [-0.3, -0.25) is 0 Å². The van der Waals surface area contributed by atoms with Crippen LogP contribution in [0.5, 0.6) is 0 Å². The number of pyridine rings is 1. The van der Waals surface area contributed by atoms with Crippen LogP contribution in [0.4, 0.5) is 5.82 Å². The Morgan fingerprint density at radius 2 is 2.35 bits per heavy atom. The zero-order chi connectivity index (χ0) is 12.1. The number of anilines is 1. The maximum atomic E-state index is 4.48. The van der Waals surface area contributed by atoms with E-state index in [-0.39, 0.29) is 0 Å². The van der Waals surface area contributed by atoms with Gasteiger partial charge in [0.05, 0.1) is 0 Å². The molecular formula is C14H21N3. The monoisotopic (exact) mass is 231 g/mol. The van der Waals surface area contributed by atoms with Gasteiger partial charge >= 0.3 is 0 Å². The van der Waals surface area contributed by atoms with Crippen LogP contribution in [0.15, 0.2) is 30.0 Å². The highest BCUT2D eigenvalue weighted by Crippen LogP contribution is 2.18. The van der Waals surface area contributed by atoms with Gasteiger partial charge in [-0.2, -0.15) is 0 Å². The molecule has 0 fully saturated rings. The van der Waals surface area contributed by atoms with Crippen LogP contribution in [0.1, 0.15) is 25.8 Å². The maximum Gasteiger partial charge on any atom is 0.129 e. The Morgan fingerprint density at radius 3 is 3.12 bits per heavy atom. The third-order valence-corrected chi connectivity index (χ3v) is 3.05. The van der Waals surface area contributed by atoms with Crippen molar-refractivity contribution in [2.75, 3.05) is 24.5 Å². The van der Waals surface area contributed by atoms with Crippen LogP contribution in [0.3, 0.4) is 0 Å². The van der Waals surface area contributed by atoms with Gasteiger partial charge in [0.1, 0.15) is 5.82 Å². The van der Waals surface area contributed by atoms with Crippen molar-refractivity contribution in [1.29, 1.82) is 0 Å². The van der Waals surface area contributed by atoms with Crippen LogP contribution in [0.25, 0.3) is 0 Å². The van der Waals surface area contributed by atoms with E-state index in [0.717, 1.165) is 38.4 Å². The number of rotatable bonds is 4. The van der Waals surface area contributed by atoms with E-state index in [2.05, 4.69) is 47.3 Å². The molecule has 0 spiro atoms. The Kier molecular flexibility index (Phi) is 4.15. The molecule has 1 aromatic rings. The van der Waals surface area contributed by atoms with E-state index in [4.69, 9.17) is 0 Å². The molecule has 3 nitrogen and oxygen atoms in total. The van der Waals surface area contributed by atoms with Crippen molar-refractivity contribution in [1.82, 2.24) is 10.3 Å². The molecule has 17 heavy (non-hydrogen) atoms. The van der Waals surface area contributed by atoms with Crippen molar-refractivity contribution in [2.45, 2.75) is 26.8 Å². The third-order valence-electron chi connectivity index (χ3n) is 3.05. The second-order valence-corrected chi connectivity index (χ2v) is 4.56. The highest BCUT2D eigenvalue weighted by molar-refractivity contribution is 5.43. The van der Waals surface area contributed by atoms with Crippen molar-refractivity contribution in [3.63, 3.8) is 0 Å². The Morgan fingerprint density at radius 1 is 1.47 bits per heavy atom. The molecule has 1 aliphatic rings. The third kappa shape index (κ3) is 3.30. The molecule has 0 unspecified atom stereocenters. The van der Waals surface area contributed by atoms with Gasteiger partial charge in [-0.05, 0) is 37.6 Å². The van der Waals surface area contributed by atoms with E-state index in [9.17, 15) is 0 Å². The summed E-state index contributed by atoms with van der Waals surface area (Å²) in [6, 6.07) is 4.28. The van der Waals surface area contributed by atoms with Gasteiger partial charge in [0, 0.05) is 25.8 Å². The predicted octanol–water partition coefficient (Wildman–Crippen LogP) is 2.35. The Bertz CT molecular complexity index is 398. The quantitative estimate of drug-likeness (QED) is 0.806. The summed E-state index contributed by atoms with van der Waals surface area (Å²) in [4.78, 5) is 6.83. The summed E-state index contributed by atoms with van der Waals surface area (Å²) in [7, 11) is 0. The average Bonchev–Trinajstić information content (AvgIpc) is 2.37.